The van der Waals surface area contributed by atoms with Gasteiger partial charge in [0.05, 0.1) is 6.20 Å². The molecule has 4 aliphatic carbocycles. The van der Waals surface area contributed by atoms with Crippen molar-refractivity contribution in [3.05, 3.63) is 12.4 Å². The summed E-state index contributed by atoms with van der Waals surface area (Å²) in [6.45, 7) is 9.59. The largest absolute Gasteiger partial charge is 0.297 e. The normalized spacial score (nSPS) is 47.7. The molecule has 1 aromatic heterocycles. The van der Waals surface area contributed by atoms with Gasteiger partial charge in [-0.15, -0.1) is 5.10 Å². The second-order valence-corrected chi connectivity index (χ2v) is 11.7. The summed E-state index contributed by atoms with van der Waals surface area (Å²) in [6.07, 6.45) is 15.6. The maximum absolute atomic E-state index is 13.5. The molecule has 0 aromatic carbocycles. The molecule has 0 N–H and O–H groups in total. The zero-order chi connectivity index (χ0) is 20.4. The number of hydrogen-bond donors (Lipinski definition) is 0. The Kier molecular flexibility index (Phi) is 4.71. The van der Waals surface area contributed by atoms with Crippen LogP contribution in [0.15, 0.2) is 12.4 Å². The molecule has 0 spiro atoms. The fraction of sp³-hybridized carbons (Fsp3) is 0.880. The molecule has 1 aromatic rings. The number of fused-ring (bicyclic) bond motifs is 5. The number of rotatable bonds is 3. The number of carbonyl (C=O) groups is 1. The van der Waals surface area contributed by atoms with Crippen molar-refractivity contribution in [2.75, 3.05) is 0 Å². The van der Waals surface area contributed by atoms with Gasteiger partial charge in [0.15, 0.2) is 5.78 Å². The van der Waals surface area contributed by atoms with Gasteiger partial charge in [-0.25, -0.2) is 4.68 Å². The highest BCUT2D eigenvalue weighted by atomic mass is 16.1. The number of carbonyl (C=O) groups excluding carboxylic acids is 1. The van der Waals surface area contributed by atoms with E-state index in [-0.39, 0.29) is 17.4 Å². The van der Waals surface area contributed by atoms with Crippen molar-refractivity contribution in [1.82, 2.24) is 15.0 Å². The van der Waals surface area contributed by atoms with Gasteiger partial charge in [-0.1, -0.05) is 32.4 Å². The Morgan fingerprint density at radius 1 is 1.03 bits per heavy atom. The van der Waals surface area contributed by atoms with Crippen molar-refractivity contribution in [2.45, 2.75) is 91.5 Å². The molecule has 0 bridgehead atoms. The summed E-state index contributed by atoms with van der Waals surface area (Å²) in [5.74, 6) is 4.95. The van der Waals surface area contributed by atoms with Crippen LogP contribution in [0.2, 0.25) is 0 Å². The van der Waals surface area contributed by atoms with Crippen LogP contribution in [0.5, 0.6) is 0 Å². The van der Waals surface area contributed by atoms with Crippen molar-refractivity contribution in [1.29, 1.82) is 0 Å². The molecule has 29 heavy (non-hydrogen) atoms. The third-order valence-corrected chi connectivity index (χ3v) is 10.5. The summed E-state index contributed by atoms with van der Waals surface area (Å²) in [5.41, 5.74) is 0.755. The van der Waals surface area contributed by atoms with Crippen molar-refractivity contribution < 1.29 is 4.79 Å². The van der Waals surface area contributed by atoms with Crippen molar-refractivity contribution in [3.63, 3.8) is 0 Å². The number of hydrogen-bond acceptors (Lipinski definition) is 3. The van der Waals surface area contributed by atoms with Gasteiger partial charge in [-0.2, -0.15) is 0 Å². The third kappa shape index (κ3) is 2.87. The molecule has 0 radical (unpaired) electrons. The lowest BCUT2D eigenvalue weighted by Crippen LogP contribution is -2.54. The molecule has 0 aliphatic heterocycles. The number of ketones is 1. The van der Waals surface area contributed by atoms with E-state index < -0.39 is 0 Å². The summed E-state index contributed by atoms with van der Waals surface area (Å²) in [7, 11) is 0. The van der Waals surface area contributed by atoms with E-state index in [1.54, 1.807) is 10.9 Å². The molecule has 5 rings (SSSR count). The Labute approximate surface area is 176 Å². The monoisotopic (exact) mass is 397 g/mol. The van der Waals surface area contributed by atoms with Crippen molar-refractivity contribution >= 4 is 5.78 Å². The van der Waals surface area contributed by atoms with Crippen LogP contribution in [0.1, 0.15) is 91.5 Å². The lowest BCUT2D eigenvalue weighted by Gasteiger charge is -2.61. The van der Waals surface area contributed by atoms with Gasteiger partial charge in [0, 0.05) is 12.1 Å². The number of nitrogens with zero attached hydrogens (tertiary/aromatic N) is 3. The predicted molar refractivity (Wildman–Crippen MR) is 114 cm³/mol. The van der Waals surface area contributed by atoms with E-state index in [0.717, 1.165) is 36.0 Å². The molecule has 160 valence electrons. The maximum Gasteiger partial charge on any atom is 0.160 e. The minimum Gasteiger partial charge on any atom is -0.297 e. The lowest BCUT2D eigenvalue weighted by molar-refractivity contribution is -0.139. The van der Waals surface area contributed by atoms with Gasteiger partial charge in [0.1, 0.15) is 6.04 Å². The van der Waals surface area contributed by atoms with Crippen LogP contribution in [-0.4, -0.2) is 20.8 Å². The van der Waals surface area contributed by atoms with Crippen LogP contribution in [0, 0.1) is 46.3 Å². The van der Waals surface area contributed by atoms with Crippen molar-refractivity contribution in [2.24, 2.45) is 46.3 Å². The Morgan fingerprint density at radius 3 is 2.55 bits per heavy atom. The van der Waals surface area contributed by atoms with Gasteiger partial charge in [-0.05, 0) is 98.7 Å². The van der Waals surface area contributed by atoms with E-state index in [1.165, 1.54) is 51.4 Å². The molecule has 4 saturated carbocycles. The van der Waals surface area contributed by atoms with Crippen LogP contribution in [0.4, 0.5) is 0 Å². The second-order valence-electron chi connectivity index (χ2n) is 11.7. The number of aromatic nitrogens is 3. The summed E-state index contributed by atoms with van der Waals surface area (Å²) >= 11 is 0. The van der Waals surface area contributed by atoms with E-state index in [0.29, 0.717) is 11.2 Å². The van der Waals surface area contributed by atoms with Crippen LogP contribution in [-0.2, 0) is 4.79 Å². The van der Waals surface area contributed by atoms with Gasteiger partial charge >= 0.3 is 0 Å². The van der Waals surface area contributed by atoms with E-state index in [9.17, 15) is 4.79 Å². The molecular weight excluding hydrogens is 358 g/mol. The highest BCUT2D eigenvalue weighted by Gasteiger charge is 2.61. The first-order valence-corrected chi connectivity index (χ1v) is 12.2. The third-order valence-electron chi connectivity index (χ3n) is 10.5. The molecule has 1 heterocycles. The molecule has 0 saturated heterocycles. The van der Waals surface area contributed by atoms with E-state index in [1.807, 2.05) is 13.1 Å². The molecule has 9 unspecified atom stereocenters. The second kappa shape index (κ2) is 6.92. The van der Waals surface area contributed by atoms with Gasteiger partial charge < -0.3 is 0 Å². The van der Waals surface area contributed by atoms with Gasteiger partial charge in [-0.3, -0.25) is 4.79 Å². The molecule has 4 heteroatoms. The molecule has 4 fully saturated rings. The molecular formula is C25H39N3O. The Bertz CT molecular complexity index is 760. The smallest absolute Gasteiger partial charge is 0.160 e. The Balaban J connectivity index is 1.38. The summed E-state index contributed by atoms with van der Waals surface area (Å²) < 4.78 is 1.75. The molecule has 9 atom stereocenters. The molecule has 4 aliphatic rings. The summed E-state index contributed by atoms with van der Waals surface area (Å²) in [4.78, 5) is 13.5. The van der Waals surface area contributed by atoms with E-state index >= 15 is 0 Å². The van der Waals surface area contributed by atoms with Crippen LogP contribution < -0.4 is 0 Å². The lowest BCUT2D eigenvalue weighted by atomic mass is 9.44. The average Bonchev–Trinajstić information content (AvgIpc) is 3.35. The van der Waals surface area contributed by atoms with Gasteiger partial charge in [0.2, 0.25) is 0 Å². The minimum atomic E-state index is -0.191. The van der Waals surface area contributed by atoms with Crippen LogP contribution in [0.3, 0.4) is 0 Å². The highest BCUT2D eigenvalue weighted by molar-refractivity contribution is 5.85. The van der Waals surface area contributed by atoms with Crippen molar-refractivity contribution in [3.8, 4) is 0 Å². The fourth-order valence-corrected chi connectivity index (χ4v) is 8.79. The first-order chi connectivity index (χ1) is 13.8. The summed E-state index contributed by atoms with van der Waals surface area (Å²) in [5, 5.41) is 8.02. The molecule has 0 amide bonds. The maximum atomic E-state index is 13.5. The first-order valence-electron chi connectivity index (χ1n) is 12.2. The fourth-order valence-electron chi connectivity index (χ4n) is 8.79. The molecule has 4 nitrogen and oxygen atoms in total. The zero-order valence-corrected chi connectivity index (χ0v) is 18.8. The van der Waals surface area contributed by atoms with E-state index in [2.05, 4.69) is 31.1 Å². The first kappa shape index (κ1) is 19.8. The Morgan fingerprint density at radius 2 is 1.79 bits per heavy atom. The van der Waals surface area contributed by atoms with Crippen LogP contribution in [0.25, 0.3) is 0 Å². The topological polar surface area (TPSA) is 47.8 Å². The Hall–Kier alpha value is -1.19. The quantitative estimate of drug-likeness (QED) is 0.657. The average molecular weight is 398 g/mol. The zero-order valence-electron chi connectivity index (χ0n) is 18.8. The highest BCUT2D eigenvalue weighted by Crippen LogP contribution is 2.68. The van der Waals surface area contributed by atoms with Crippen LogP contribution >= 0.6 is 0 Å². The predicted octanol–water partition coefficient (Wildman–Crippen LogP) is 5.70. The summed E-state index contributed by atoms with van der Waals surface area (Å²) in [6, 6.07) is -0.191. The minimum absolute atomic E-state index is 0.191. The van der Waals surface area contributed by atoms with E-state index in [4.69, 9.17) is 0 Å². The standard InChI is InChI=1S/C25H39N3O/c1-16-9-11-24(3)18(15-16)5-6-19-20-7-8-22(25(20,4)12-10-21(19)24)23(29)17(2)28-14-13-26-27-28/h13-14,16-22H,5-12,15H2,1-4H3. The van der Waals surface area contributed by atoms with Gasteiger partial charge in [0.25, 0.3) is 0 Å². The number of Topliss-reactive ketones (excluding diaryl/α,β-unsaturated/α-hetero) is 1. The SMILES string of the molecule is CC1CCC2(C)C(CCC3C2CCC2(C)C(C(=O)C(C)n4ccnn4)CCC32)C1.